The van der Waals surface area contributed by atoms with E-state index in [2.05, 4.69) is 10.6 Å². The van der Waals surface area contributed by atoms with Crippen molar-refractivity contribution in [3.63, 3.8) is 0 Å². The van der Waals surface area contributed by atoms with E-state index in [0.717, 1.165) is 6.42 Å². The van der Waals surface area contributed by atoms with Gasteiger partial charge in [0.25, 0.3) is 11.8 Å². The molecule has 0 spiro atoms. The second kappa shape index (κ2) is 8.26. The molecule has 6 nitrogen and oxygen atoms in total. The number of nitrogens with two attached hydrogens (primary N) is 1. The largest absolute Gasteiger partial charge is 0.482 e. The molecule has 6 heteroatoms. The topological polar surface area (TPSA) is 93.4 Å². The van der Waals surface area contributed by atoms with Crippen LogP contribution in [0.4, 0.5) is 5.69 Å². The predicted octanol–water partition coefficient (Wildman–Crippen LogP) is 1.70. The van der Waals surface area contributed by atoms with Crippen molar-refractivity contribution in [1.29, 1.82) is 0 Å². The molecule has 0 aliphatic rings. The van der Waals surface area contributed by atoms with Gasteiger partial charge in [-0.05, 0) is 45.4 Å². The van der Waals surface area contributed by atoms with Crippen molar-refractivity contribution >= 4 is 17.5 Å². The summed E-state index contributed by atoms with van der Waals surface area (Å²) < 4.78 is 5.42. The van der Waals surface area contributed by atoms with E-state index in [1.54, 1.807) is 18.2 Å². The van der Waals surface area contributed by atoms with Gasteiger partial charge in [0.2, 0.25) is 0 Å². The highest BCUT2D eigenvalue weighted by molar-refractivity contribution is 5.95. The molecule has 0 saturated heterocycles. The van der Waals surface area contributed by atoms with E-state index in [1.807, 2.05) is 27.7 Å². The van der Waals surface area contributed by atoms with E-state index < -0.39 is 0 Å². The molecular formula is C16H25N3O3. The van der Waals surface area contributed by atoms with Gasteiger partial charge >= 0.3 is 0 Å². The second-order valence-corrected chi connectivity index (χ2v) is 5.55. The van der Waals surface area contributed by atoms with Gasteiger partial charge in [0.1, 0.15) is 5.75 Å². The Morgan fingerprint density at radius 2 is 1.91 bits per heavy atom. The number of nitrogens with one attached hydrogen (secondary N) is 2. The average Bonchev–Trinajstić information content (AvgIpc) is 2.45. The molecule has 1 unspecified atom stereocenters. The van der Waals surface area contributed by atoms with Crippen LogP contribution in [0.25, 0.3) is 0 Å². The fraction of sp³-hybridized carbons (Fsp3) is 0.500. The third kappa shape index (κ3) is 5.63. The fourth-order valence-corrected chi connectivity index (χ4v) is 1.71. The molecule has 0 aliphatic carbocycles. The lowest BCUT2D eigenvalue weighted by Gasteiger charge is -2.14. The summed E-state index contributed by atoms with van der Waals surface area (Å²) in [5, 5.41) is 5.59. The van der Waals surface area contributed by atoms with Crippen molar-refractivity contribution in [2.75, 3.05) is 12.3 Å². The number of carbonyl (C=O) groups excluding carboxylic acids is 2. The minimum absolute atomic E-state index is 0.0377. The molecule has 1 aromatic rings. The molecule has 0 aliphatic heterocycles. The van der Waals surface area contributed by atoms with Crippen LogP contribution in [-0.4, -0.2) is 30.5 Å². The van der Waals surface area contributed by atoms with Crippen LogP contribution in [0.15, 0.2) is 18.2 Å². The Morgan fingerprint density at radius 3 is 2.50 bits per heavy atom. The number of anilines is 1. The molecule has 0 heterocycles. The summed E-state index contributed by atoms with van der Waals surface area (Å²) in [5.74, 6) is -0.0922. The van der Waals surface area contributed by atoms with Gasteiger partial charge in [-0.25, -0.2) is 0 Å². The van der Waals surface area contributed by atoms with Gasteiger partial charge in [-0.1, -0.05) is 6.92 Å². The molecule has 0 radical (unpaired) electrons. The monoisotopic (exact) mass is 307 g/mol. The lowest BCUT2D eigenvalue weighted by atomic mass is 10.1. The van der Waals surface area contributed by atoms with Crippen molar-refractivity contribution in [1.82, 2.24) is 10.6 Å². The summed E-state index contributed by atoms with van der Waals surface area (Å²) in [5.41, 5.74) is 6.65. The SMILES string of the molecule is CCC(C)NC(=O)COc1cc(C(=O)NC(C)C)ccc1N. The Bertz CT molecular complexity index is 529. The second-order valence-electron chi connectivity index (χ2n) is 5.55. The zero-order valence-electron chi connectivity index (χ0n) is 13.6. The van der Waals surface area contributed by atoms with Crippen molar-refractivity contribution in [2.24, 2.45) is 0 Å². The first kappa shape index (κ1) is 17.8. The van der Waals surface area contributed by atoms with Gasteiger partial charge in [-0.2, -0.15) is 0 Å². The van der Waals surface area contributed by atoms with Crippen LogP contribution >= 0.6 is 0 Å². The van der Waals surface area contributed by atoms with Crippen molar-refractivity contribution < 1.29 is 14.3 Å². The van der Waals surface area contributed by atoms with Crippen molar-refractivity contribution in [3.8, 4) is 5.75 Å². The Morgan fingerprint density at radius 1 is 1.23 bits per heavy atom. The quantitative estimate of drug-likeness (QED) is 0.668. The van der Waals surface area contributed by atoms with Gasteiger partial charge in [0, 0.05) is 17.6 Å². The number of carbonyl (C=O) groups is 2. The Hall–Kier alpha value is -2.24. The minimum Gasteiger partial charge on any atom is -0.482 e. The highest BCUT2D eigenvalue weighted by Gasteiger charge is 2.12. The van der Waals surface area contributed by atoms with E-state index in [1.165, 1.54) is 0 Å². The fourth-order valence-electron chi connectivity index (χ4n) is 1.71. The lowest BCUT2D eigenvalue weighted by molar-refractivity contribution is -0.123. The Kier molecular flexibility index (Phi) is 6.69. The van der Waals surface area contributed by atoms with Gasteiger partial charge in [-0.15, -0.1) is 0 Å². The van der Waals surface area contributed by atoms with E-state index in [4.69, 9.17) is 10.5 Å². The third-order valence-corrected chi connectivity index (χ3v) is 3.07. The van der Waals surface area contributed by atoms with Gasteiger partial charge in [-0.3, -0.25) is 9.59 Å². The van der Waals surface area contributed by atoms with Crippen LogP contribution in [-0.2, 0) is 4.79 Å². The third-order valence-electron chi connectivity index (χ3n) is 3.07. The summed E-state index contributed by atoms with van der Waals surface area (Å²) in [7, 11) is 0. The molecule has 1 rings (SSSR count). The maximum Gasteiger partial charge on any atom is 0.258 e. The first-order chi connectivity index (χ1) is 10.3. The summed E-state index contributed by atoms with van der Waals surface area (Å²) in [4.78, 5) is 23.7. The normalized spacial score (nSPS) is 11.9. The summed E-state index contributed by atoms with van der Waals surface area (Å²) in [6, 6.07) is 4.90. The maximum absolute atomic E-state index is 12.0. The number of hydrogen-bond acceptors (Lipinski definition) is 4. The molecule has 2 amide bonds. The van der Waals surface area contributed by atoms with Crippen molar-refractivity contribution in [2.45, 2.75) is 46.2 Å². The van der Waals surface area contributed by atoms with Gasteiger partial charge in [0.05, 0.1) is 5.69 Å². The molecule has 122 valence electrons. The number of ether oxygens (including phenoxy) is 1. The molecule has 0 fully saturated rings. The van der Waals surface area contributed by atoms with Crippen LogP contribution < -0.4 is 21.1 Å². The number of hydrogen-bond donors (Lipinski definition) is 3. The molecule has 22 heavy (non-hydrogen) atoms. The summed E-state index contributed by atoms with van der Waals surface area (Å²) in [6.45, 7) is 7.53. The Balaban J connectivity index is 2.70. The zero-order valence-corrected chi connectivity index (χ0v) is 13.6. The molecular weight excluding hydrogens is 282 g/mol. The molecule has 0 saturated carbocycles. The first-order valence-corrected chi connectivity index (χ1v) is 7.46. The zero-order chi connectivity index (χ0) is 16.7. The predicted molar refractivity (Wildman–Crippen MR) is 86.8 cm³/mol. The highest BCUT2D eigenvalue weighted by Crippen LogP contribution is 2.22. The van der Waals surface area contributed by atoms with E-state index in [9.17, 15) is 9.59 Å². The van der Waals surface area contributed by atoms with Crippen LogP contribution in [0.1, 0.15) is 44.5 Å². The van der Waals surface area contributed by atoms with Crippen LogP contribution in [0, 0.1) is 0 Å². The molecule has 0 aromatic heterocycles. The van der Waals surface area contributed by atoms with E-state index >= 15 is 0 Å². The number of benzene rings is 1. The van der Waals surface area contributed by atoms with Gasteiger partial charge in [0.15, 0.2) is 6.61 Å². The van der Waals surface area contributed by atoms with Gasteiger partial charge < -0.3 is 21.1 Å². The maximum atomic E-state index is 12.0. The van der Waals surface area contributed by atoms with Crippen LogP contribution in [0.5, 0.6) is 5.75 Å². The van der Waals surface area contributed by atoms with Crippen LogP contribution in [0.3, 0.4) is 0 Å². The molecule has 0 bridgehead atoms. The van der Waals surface area contributed by atoms with Crippen molar-refractivity contribution in [3.05, 3.63) is 23.8 Å². The highest BCUT2D eigenvalue weighted by atomic mass is 16.5. The molecule has 4 N–H and O–H groups in total. The average molecular weight is 307 g/mol. The smallest absolute Gasteiger partial charge is 0.258 e. The van der Waals surface area contributed by atoms with E-state index in [0.29, 0.717) is 17.0 Å². The van der Waals surface area contributed by atoms with Crippen LogP contribution in [0.2, 0.25) is 0 Å². The standard InChI is InChI=1S/C16H25N3O3/c1-5-11(4)19-15(20)9-22-14-8-12(6-7-13(14)17)16(21)18-10(2)3/h6-8,10-11H,5,9,17H2,1-4H3,(H,18,21)(H,19,20). The van der Waals surface area contributed by atoms with E-state index in [-0.39, 0.29) is 30.5 Å². The first-order valence-electron chi connectivity index (χ1n) is 7.46. The minimum atomic E-state index is -0.217. The summed E-state index contributed by atoms with van der Waals surface area (Å²) >= 11 is 0. The summed E-state index contributed by atoms with van der Waals surface area (Å²) in [6.07, 6.45) is 0.846. The number of rotatable bonds is 7. The molecule has 1 aromatic carbocycles. The lowest BCUT2D eigenvalue weighted by Crippen LogP contribution is -2.35. The number of amides is 2. The Labute approximate surface area is 131 Å². The molecule has 1 atom stereocenters. The number of nitrogen functional groups attached to an aromatic ring is 1.